The molecule has 0 heterocycles. The molecule has 2 N–H and O–H groups in total. The molecule has 2 atom stereocenters. The Morgan fingerprint density at radius 2 is 0.841 bits per heavy atom. The van der Waals surface area contributed by atoms with E-state index in [2.05, 4.69) is 107 Å². The van der Waals surface area contributed by atoms with Gasteiger partial charge in [0.15, 0.2) is 0 Å². The number of rotatable bonds is 10. The van der Waals surface area contributed by atoms with Gasteiger partial charge in [-0.1, -0.05) is 107 Å². The summed E-state index contributed by atoms with van der Waals surface area (Å²) in [5, 5.41) is 22.1. The minimum absolute atomic E-state index is 0.109. The molecule has 1 saturated carbocycles. The van der Waals surface area contributed by atoms with Crippen molar-refractivity contribution < 1.29 is 19.7 Å². The van der Waals surface area contributed by atoms with Gasteiger partial charge in [0.05, 0.1) is 12.2 Å². The van der Waals surface area contributed by atoms with Crippen LogP contribution in [0.5, 0.6) is 11.5 Å². The van der Waals surface area contributed by atoms with E-state index in [4.69, 9.17) is 9.47 Å². The smallest absolute Gasteiger partial charge is 0.123 e. The zero-order valence-electron chi connectivity index (χ0n) is 30.2. The van der Waals surface area contributed by atoms with Gasteiger partial charge in [-0.05, 0) is 106 Å². The summed E-state index contributed by atoms with van der Waals surface area (Å²) in [5.74, 6) is 0.899. The Hall–Kier alpha value is -2.04. The Bertz CT molecular complexity index is 1060. The average Bonchev–Trinajstić information content (AvgIpc) is 2.88. The highest BCUT2D eigenvalue weighted by Gasteiger charge is 2.28. The van der Waals surface area contributed by atoms with Crippen LogP contribution < -0.4 is 0 Å². The largest absolute Gasteiger partial charge is 0.507 e. The van der Waals surface area contributed by atoms with Crippen molar-refractivity contribution in [1.82, 2.24) is 0 Å². The molecule has 4 heteroatoms. The maximum atomic E-state index is 11.0. The lowest BCUT2D eigenvalue weighted by atomic mass is 9.78. The van der Waals surface area contributed by atoms with E-state index in [0.29, 0.717) is 11.5 Å². The van der Waals surface area contributed by atoms with Gasteiger partial charge in [0.25, 0.3) is 0 Å². The first-order valence-electron chi connectivity index (χ1n) is 17.1. The number of benzene rings is 2. The van der Waals surface area contributed by atoms with Gasteiger partial charge in [0, 0.05) is 13.2 Å². The second kappa shape index (κ2) is 14.2. The van der Waals surface area contributed by atoms with E-state index in [0.717, 1.165) is 86.8 Å². The lowest BCUT2D eigenvalue weighted by Gasteiger charge is -2.30. The zero-order valence-corrected chi connectivity index (χ0v) is 30.2. The Labute approximate surface area is 270 Å². The third-order valence-corrected chi connectivity index (χ3v) is 9.08. The summed E-state index contributed by atoms with van der Waals surface area (Å²) in [6.45, 7) is 27.5. The van der Waals surface area contributed by atoms with Gasteiger partial charge in [0.2, 0.25) is 0 Å². The number of hydrogen-bond donors (Lipinski definition) is 2. The molecule has 4 nitrogen and oxygen atoms in total. The first-order valence-corrected chi connectivity index (χ1v) is 17.1. The van der Waals surface area contributed by atoms with Crippen molar-refractivity contribution in [2.24, 2.45) is 0 Å². The van der Waals surface area contributed by atoms with Crippen LogP contribution in [0.2, 0.25) is 0 Å². The summed E-state index contributed by atoms with van der Waals surface area (Å²) < 4.78 is 12.8. The maximum Gasteiger partial charge on any atom is 0.123 e. The van der Waals surface area contributed by atoms with E-state index < -0.39 is 0 Å². The van der Waals surface area contributed by atoms with Crippen LogP contribution in [0.4, 0.5) is 0 Å². The number of ether oxygens (including phenoxy) is 2. The molecule has 0 amide bonds. The van der Waals surface area contributed by atoms with E-state index in [1.54, 1.807) is 0 Å². The summed E-state index contributed by atoms with van der Waals surface area (Å²) in [6.07, 6.45) is 8.73. The van der Waals surface area contributed by atoms with Gasteiger partial charge in [0.1, 0.15) is 11.5 Å². The van der Waals surface area contributed by atoms with Crippen LogP contribution >= 0.6 is 0 Å². The van der Waals surface area contributed by atoms with Crippen LogP contribution in [0, 0.1) is 0 Å². The van der Waals surface area contributed by atoms with Crippen molar-refractivity contribution in [1.29, 1.82) is 0 Å². The molecular weight excluding hydrogens is 544 g/mol. The van der Waals surface area contributed by atoms with Gasteiger partial charge in [-0.25, -0.2) is 0 Å². The minimum atomic E-state index is -0.109. The highest BCUT2D eigenvalue weighted by atomic mass is 16.5. The summed E-state index contributed by atoms with van der Waals surface area (Å²) in [7, 11) is 0. The highest BCUT2D eigenvalue weighted by molar-refractivity contribution is 5.51. The number of aromatic hydroxyl groups is 2. The van der Waals surface area contributed by atoms with Crippen molar-refractivity contribution in [3.05, 3.63) is 57.6 Å². The first-order chi connectivity index (χ1) is 20.2. The Balaban J connectivity index is 1.49. The third kappa shape index (κ3) is 9.98. The topological polar surface area (TPSA) is 58.9 Å². The van der Waals surface area contributed by atoms with E-state index in [1.165, 1.54) is 11.1 Å². The van der Waals surface area contributed by atoms with Crippen molar-refractivity contribution in [3.63, 3.8) is 0 Å². The fourth-order valence-electron chi connectivity index (χ4n) is 6.42. The Kier molecular flexibility index (Phi) is 11.7. The Morgan fingerprint density at radius 3 is 1.11 bits per heavy atom. The second-order valence-electron chi connectivity index (χ2n) is 17.4. The molecule has 1 aliphatic carbocycles. The fraction of sp³-hybridized carbons (Fsp3) is 0.700. The van der Waals surface area contributed by atoms with E-state index in [9.17, 15) is 10.2 Å². The van der Waals surface area contributed by atoms with Crippen LogP contribution in [0.3, 0.4) is 0 Å². The summed E-state index contributed by atoms with van der Waals surface area (Å²) >= 11 is 0. The summed E-state index contributed by atoms with van der Waals surface area (Å²) in [4.78, 5) is 0. The number of aryl methyl sites for hydroxylation is 2. The first kappa shape index (κ1) is 36.4. The molecule has 2 aromatic rings. The number of phenols is 2. The molecule has 1 aliphatic rings. The monoisotopic (exact) mass is 608 g/mol. The van der Waals surface area contributed by atoms with Gasteiger partial charge >= 0.3 is 0 Å². The standard InChI is InChI=1S/C40H64O4/c1-37(2,3)31-22-27(23-32(35(31)41)38(4,5)6)16-14-20-43-29-18-13-19-30(26-29)44-21-15-17-28-24-33(39(7,8)9)36(42)34(25-28)40(10,11)12/h22-25,29-30,41-42H,13-21,26H2,1-12H3. The number of phenolic OH excluding ortho intramolecular Hbond substituents is 2. The molecule has 0 saturated heterocycles. The molecule has 0 aliphatic heterocycles. The van der Waals surface area contributed by atoms with Crippen molar-refractivity contribution in [2.45, 2.75) is 168 Å². The lowest BCUT2D eigenvalue weighted by molar-refractivity contribution is -0.0453. The van der Waals surface area contributed by atoms with Crippen LogP contribution in [0.15, 0.2) is 24.3 Å². The van der Waals surface area contributed by atoms with Gasteiger partial charge in [-0.2, -0.15) is 0 Å². The average molecular weight is 609 g/mol. The summed E-state index contributed by atoms with van der Waals surface area (Å²) in [6, 6.07) is 8.78. The third-order valence-electron chi connectivity index (χ3n) is 9.08. The fourth-order valence-corrected chi connectivity index (χ4v) is 6.42. The van der Waals surface area contributed by atoms with Crippen LogP contribution in [-0.4, -0.2) is 35.6 Å². The van der Waals surface area contributed by atoms with E-state index >= 15 is 0 Å². The SMILES string of the molecule is CC(C)(C)c1cc(CCCOC2CCCC(OCCCc3cc(C(C)(C)C)c(O)c(C(C)(C)C)c3)C2)cc(C(C)(C)C)c1O. The predicted molar refractivity (Wildman–Crippen MR) is 186 cm³/mol. The zero-order chi connectivity index (χ0) is 33.1. The molecule has 44 heavy (non-hydrogen) atoms. The molecule has 2 aromatic carbocycles. The Morgan fingerprint density at radius 1 is 0.545 bits per heavy atom. The van der Waals surface area contributed by atoms with Crippen molar-refractivity contribution in [3.8, 4) is 11.5 Å². The molecule has 3 rings (SSSR count). The molecule has 1 fully saturated rings. The lowest BCUT2D eigenvalue weighted by Crippen LogP contribution is -2.29. The van der Waals surface area contributed by atoms with Gasteiger partial charge < -0.3 is 19.7 Å². The second-order valence-corrected chi connectivity index (χ2v) is 17.4. The van der Waals surface area contributed by atoms with E-state index in [-0.39, 0.29) is 33.9 Å². The van der Waals surface area contributed by atoms with Crippen molar-refractivity contribution in [2.75, 3.05) is 13.2 Å². The number of hydrogen-bond acceptors (Lipinski definition) is 4. The highest BCUT2D eigenvalue weighted by Crippen LogP contribution is 2.41. The maximum absolute atomic E-state index is 11.0. The van der Waals surface area contributed by atoms with Gasteiger partial charge in [-0.3, -0.25) is 0 Å². The summed E-state index contributed by atoms with van der Waals surface area (Å²) in [5.41, 5.74) is 6.25. The van der Waals surface area contributed by atoms with Crippen LogP contribution in [0.25, 0.3) is 0 Å². The van der Waals surface area contributed by atoms with Crippen LogP contribution in [0.1, 0.15) is 155 Å². The molecule has 2 unspecified atom stereocenters. The van der Waals surface area contributed by atoms with Gasteiger partial charge in [-0.15, -0.1) is 0 Å². The van der Waals surface area contributed by atoms with E-state index in [1.807, 2.05) is 0 Å². The molecule has 0 aromatic heterocycles. The minimum Gasteiger partial charge on any atom is -0.507 e. The molecule has 0 spiro atoms. The van der Waals surface area contributed by atoms with Crippen molar-refractivity contribution >= 4 is 0 Å². The molecule has 0 bridgehead atoms. The molecular formula is C40H64O4. The predicted octanol–water partition coefficient (Wildman–Crippen LogP) is 10.2. The quantitative estimate of drug-likeness (QED) is 0.264. The van der Waals surface area contributed by atoms with Crippen LogP contribution in [-0.2, 0) is 44.0 Å². The molecule has 248 valence electrons. The molecule has 0 radical (unpaired) electrons. The normalized spacial score (nSPS) is 18.5.